The van der Waals surface area contributed by atoms with E-state index in [2.05, 4.69) is 46.9 Å². The molecule has 3 rings (SSSR count). The molecule has 1 atom stereocenters. The van der Waals surface area contributed by atoms with E-state index in [-0.39, 0.29) is 11.6 Å². The Labute approximate surface area is 170 Å². The average Bonchev–Trinajstić information content (AvgIpc) is 3.12. The lowest BCUT2D eigenvalue weighted by atomic mass is 9.88. The Morgan fingerprint density at radius 1 is 1.22 bits per heavy atom. The Hall–Kier alpha value is -1.27. The highest BCUT2D eigenvalue weighted by atomic mass is 79.9. The molecule has 0 aliphatic carbocycles. The van der Waals surface area contributed by atoms with Crippen LogP contribution >= 0.6 is 15.9 Å². The van der Waals surface area contributed by atoms with Crippen LogP contribution in [0.3, 0.4) is 0 Å². The van der Waals surface area contributed by atoms with Crippen LogP contribution in [0.2, 0.25) is 0 Å². The van der Waals surface area contributed by atoms with Crippen LogP contribution in [0.25, 0.3) is 0 Å². The zero-order valence-corrected chi connectivity index (χ0v) is 19.0. The van der Waals surface area contributed by atoms with Crippen molar-refractivity contribution >= 4 is 27.7 Å². The van der Waals surface area contributed by atoms with Crippen LogP contribution in [0.1, 0.15) is 70.2 Å². The summed E-state index contributed by atoms with van der Waals surface area (Å²) in [7, 11) is 0. The maximum absolute atomic E-state index is 12.4. The number of likely N-dealkylation sites (tertiary alicyclic amines) is 1. The number of benzene rings is 1. The number of amides is 1. The van der Waals surface area contributed by atoms with Crippen molar-refractivity contribution in [3.63, 3.8) is 0 Å². The van der Waals surface area contributed by atoms with E-state index < -0.39 is 11.7 Å². The molecule has 27 heavy (non-hydrogen) atoms. The second kappa shape index (κ2) is 6.96. The number of hydrogen-bond acceptors (Lipinski definition) is 4. The topological polar surface area (TPSA) is 50.8 Å². The number of nitrogens with zero attached hydrogens (tertiary/aromatic N) is 1. The van der Waals surface area contributed by atoms with E-state index in [0.29, 0.717) is 0 Å². The van der Waals surface area contributed by atoms with Crippen molar-refractivity contribution in [2.45, 2.75) is 78.6 Å². The van der Waals surface area contributed by atoms with Crippen LogP contribution in [0, 0.1) is 13.8 Å². The number of rotatable bonds is 2. The smallest absolute Gasteiger partial charge is 0.412 e. The number of hydrogen-bond donors (Lipinski definition) is 1. The first kappa shape index (κ1) is 20.5. The van der Waals surface area contributed by atoms with E-state index in [9.17, 15) is 4.79 Å². The first-order valence-corrected chi connectivity index (χ1v) is 10.5. The quantitative estimate of drug-likeness (QED) is 0.640. The second-order valence-corrected chi connectivity index (χ2v) is 9.95. The van der Waals surface area contributed by atoms with Crippen molar-refractivity contribution in [1.29, 1.82) is 0 Å². The Bertz CT molecular complexity index is 762. The normalized spacial score (nSPS) is 21.7. The van der Waals surface area contributed by atoms with E-state index >= 15 is 0 Å². The van der Waals surface area contributed by atoms with E-state index in [1.54, 1.807) is 0 Å². The molecule has 1 amide bonds. The van der Waals surface area contributed by atoms with Gasteiger partial charge in [-0.1, -0.05) is 0 Å². The summed E-state index contributed by atoms with van der Waals surface area (Å²) in [5.74, 6) is 0.904. The average molecular weight is 439 g/mol. The maximum Gasteiger partial charge on any atom is 0.412 e. The Morgan fingerprint density at radius 3 is 2.37 bits per heavy atom. The molecule has 6 heteroatoms. The summed E-state index contributed by atoms with van der Waals surface area (Å²) in [4.78, 5) is 14.9. The third-order valence-electron chi connectivity index (χ3n) is 5.36. The van der Waals surface area contributed by atoms with Crippen molar-refractivity contribution in [2.24, 2.45) is 0 Å². The second-order valence-electron chi connectivity index (χ2n) is 9.16. The molecule has 2 aliphatic heterocycles. The number of halogens is 1. The highest BCUT2D eigenvalue weighted by Crippen LogP contribution is 2.54. The molecule has 2 heterocycles. The molecule has 0 radical (unpaired) electrons. The molecule has 0 aromatic heterocycles. The molecule has 5 nitrogen and oxygen atoms in total. The zero-order chi connectivity index (χ0) is 20.1. The van der Waals surface area contributed by atoms with Gasteiger partial charge in [-0.2, -0.15) is 0 Å². The summed E-state index contributed by atoms with van der Waals surface area (Å²) in [5.41, 5.74) is 3.12. The van der Waals surface area contributed by atoms with Gasteiger partial charge in [0.2, 0.25) is 0 Å². The lowest BCUT2D eigenvalue weighted by Gasteiger charge is -2.34. The molecule has 1 unspecified atom stereocenters. The minimum Gasteiger partial charge on any atom is -0.484 e. The van der Waals surface area contributed by atoms with E-state index in [1.165, 1.54) is 18.4 Å². The molecule has 1 fully saturated rings. The molecule has 1 N–H and O–H groups in total. The van der Waals surface area contributed by atoms with Gasteiger partial charge in [0.25, 0.3) is 0 Å². The highest BCUT2D eigenvalue weighted by Gasteiger charge is 2.47. The minimum absolute atomic E-state index is 0.172. The van der Waals surface area contributed by atoms with Crippen LogP contribution < -0.4 is 10.1 Å². The third kappa shape index (κ3) is 3.83. The molecule has 1 aromatic carbocycles. The van der Waals surface area contributed by atoms with Gasteiger partial charge in [0.1, 0.15) is 17.0 Å². The third-order valence-corrected chi connectivity index (χ3v) is 6.31. The maximum atomic E-state index is 12.4. The SMILES string of the molecule is Cc1c(Br)c2c(c(C)c1NC(=O)OC(C)(C)C)C(N1CCCC1)C(C)(C)O2. The standard InChI is InChI=1S/C21H31BrN2O3/c1-12-14-17(26-21(6,7)18(14)24-10-8-9-11-24)15(22)13(2)16(12)23-19(25)27-20(3,4)5/h18H,8-11H2,1-7H3,(H,23,25). The molecule has 2 aliphatic rings. The van der Waals surface area contributed by atoms with Crippen molar-refractivity contribution in [1.82, 2.24) is 4.90 Å². The predicted octanol–water partition coefficient (Wildman–Crippen LogP) is 5.72. The van der Waals surface area contributed by atoms with Gasteiger partial charge in [0.15, 0.2) is 0 Å². The van der Waals surface area contributed by atoms with E-state index in [4.69, 9.17) is 9.47 Å². The van der Waals surface area contributed by atoms with Gasteiger partial charge in [-0.15, -0.1) is 0 Å². The minimum atomic E-state index is -0.539. The van der Waals surface area contributed by atoms with Crippen molar-refractivity contribution in [3.8, 4) is 5.75 Å². The van der Waals surface area contributed by atoms with Crippen molar-refractivity contribution in [3.05, 3.63) is 21.2 Å². The Kier molecular flexibility index (Phi) is 5.28. The largest absolute Gasteiger partial charge is 0.484 e. The molecule has 1 saturated heterocycles. The molecular formula is C21H31BrN2O3. The number of anilines is 1. The number of ether oxygens (including phenoxy) is 2. The fourth-order valence-corrected chi connectivity index (χ4v) is 4.79. The predicted molar refractivity (Wildman–Crippen MR) is 112 cm³/mol. The van der Waals surface area contributed by atoms with Gasteiger partial charge in [-0.25, -0.2) is 4.79 Å². The first-order chi connectivity index (χ1) is 12.4. The lowest BCUT2D eigenvalue weighted by molar-refractivity contribution is 0.0395. The van der Waals surface area contributed by atoms with Gasteiger partial charge < -0.3 is 9.47 Å². The van der Waals surface area contributed by atoms with Gasteiger partial charge in [-0.05, 0) is 101 Å². The van der Waals surface area contributed by atoms with E-state index in [1.807, 2.05) is 27.7 Å². The lowest BCUT2D eigenvalue weighted by Crippen LogP contribution is -2.41. The molecule has 150 valence electrons. The molecule has 0 bridgehead atoms. The zero-order valence-electron chi connectivity index (χ0n) is 17.5. The Morgan fingerprint density at radius 2 is 1.81 bits per heavy atom. The number of fused-ring (bicyclic) bond motifs is 1. The van der Waals surface area contributed by atoms with Crippen LogP contribution in [-0.2, 0) is 4.74 Å². The van der Waals surface area contributed by atoms with Crippen molar-refractivity contribution < 1.29 is 14.3 Å². The first-order valence-electron chi connectivity index (χ1n) is 9.68. The monoisotopic (exact) mass is 438 g/mol. The summed E-state index contributed by atoms with van der Waals surface area (Å²) in [6.45, 7) is 16.1. The Balaban J connectivity index is 2.05. The molecule has 1 aromatic rings. The van der Waals surface area contributed by atoms with Gasteiger partial charge in [-0.3, -0.25) is 10.2 Å². The number of nitrogens with one attached hydrogen (secondary N) is 1. The van der Waals surface area contributed by atoms with E-state index in [0.717, 1.165) is 40.1 Å². The fourth-order valence-electron chi connectivity index (χ4n) is 4.30. The number of carbonyl (C=O) groups is 1. The molecular weight excluding hydrogens is 408 g/mol. The van der Waals surface area contributed by atoms with Crippen LogP contribution in [0.5, 0.6) is 5.75 Å². The van der Waals surface area contributed by atoms with Gasteiger partial charge in [0, 0.05) is 5.56 Å². The summed E-state index contributed by atoms with van der Waals surface area (Å²) < 4.78 is 12.8. The van der Waals surface area contributed by atoms with Crippen LogP contribution in [0.4, 0.5) is 10.5 Å². The molecule has 0 spiro atoms. The summed E-state index contributed by atoms with van der Waals surface area (Å²) in [6.07, 6.45) is 2.00. The summed E-state index contributed by atoms with van der Waals surface area (Å²) >= 11 is 3.72. The molecule has 0 saturated carbocycles. The fraction of sp³-hybridized carbons (Fsp3) is 0.667. The number of carbonyl (C=O) groups excluding carboxylic acids is 1. The van der Waals surface area contributed by atoms with Crippen molar-refractivity contribution in [2.75, 3.05) is 18.4 Å². The van der Waals surface area contributed by atoms with Gasteiger partial charge in [0.05, 0.1) is 16.2 Å². The van der Waals surface area contributed by atoms with Crippen LogP contribution in [0.15, 0.2) is 4.47 Å². The van der Waals surface area contributed by atoms with Crippen LogP contribution in [-0.4, -0.2) is 35.3 Å². The highest BCUT2D eigenvalue weighted by molar-refractivity contribution is 9.10. The summed E-state index contributed by atoms with van der Waals surface area (Å²) in [6, 6.07) is 0.172. The summed E-state index contributed by atoms with van der Waals surface area (Å²) in [5, 5.41) is 2.98. The van der Waals surface area contributed by atoms with Gasteiger partial charge >= 0.3 is 6.09 Å².